The molecular formula is C12H17FN2O2. The van der Waals surface area contributed by atoms with Crippen LogP contribution in [0.25, 0.3) is 0 Å². The van der Waals surface area contributed by atoms with Crippen LogP contribution in [0.1, 0.15) is 12.5 Å². The first-order valence-corrected chi connectivity index (χ1v) is 5.44. The first-order valence-electron chi connectivity index (χ1n) is 5.44. The fourth-order valence-electron chi connectivity index (χ4n) is 1.46. The van der Waals surface area contributed by atoms with E-state index in [-0.39, 0.29) is 5.91 Å². The number of hydrogen-bond acceptors (Lipinski definition) is 3. The molecule has 1 aromatic carbocycles. The third kappa shape index (κ3) is 4.03. The Morgan fingerprint density at radius 3 is 2.82 bits per heavy atom. The zero-order chi connectivity index (χ0) is 12.8. The first kappa shape index (κ1) is 13.4. The molecule has 0 fully saturated rings. The molecule has 17 heavy (non-hydrogen) atoms. The van der Waals surface area contributed by atoms with Crippen molar-refractivity contribution in [2.45, 2.75) is 19.4 Å². The zero-order valence-corrected chi connectivity index (χ0v) is 10.00. The molecule has 1 amide bonds. The lowest BCUT2D eigenvalue weighted by Gasteiger charge is -2.14. The Bertz CT molecular complexity index is 396. The lowest BCUT2D eigenvalue weighted by molar-refractivity contribution is -0.126. The van der Waals surface area contributed by atoms with E-state index >= 15 is 0 Å². The summed E-state index contributed by atoms with van der Waals surface area (Å²) in [5.74, 6) is -0.311. The molecule has 1 unspecified atom stereocenters. The van der Waals surface area contributed by atoms with Crippen LogP contribution in [-0.2, 0) is 11.2 Å². The van der Waals surface area contributed by atoms with Gasteiger partial charge in [-0.15, -0.1) is 0 Å². The van der Waals surface area contributed by atoms with Crippen LogP contribution in [0, 0.1) is 5.82 Å². The van der Waals surface area contributed by atoms with Crippen LogP contribution in [-0.4, -0.2) is 25.6 Å². The van der Waals surface area contributed by atoms with E-state index < -0.39 is 11.9 Å². The van der Waals surface area contributed by atoms with Crippen LogP contribution in [0.15, 0.2) is 18.2 Å². The summed E-state index contributed by atoms with van der Waals surface area (Å²) in [6, 6.07) is 4.35. The zero-order valence-electron chi connectivity index (χ0n) is 10.00. The van der Waals surface area contributed by atoms with Gasteiger partial charge in [0.2, 0.25) is 0 Å². The van der Waals surface area contributed by atoms with Crippen LogP contribution < -0.4 is 15.8 Å². The number of nitrogens with one attached hydrogen (secondary N) is 1. The smallest absolute Gasteiger partial charge is 0.260 e. The minimum Gasteiger partial charge on any atom is -0.481 e. The van der Waals surface area contributed by atoms with Gasteiger partial charge < -0.3 is 15.8 Å². The highest BCUT2D eigenvalue weighted by Gasteiger charge is 2.13. The normalized spacial score (nSPS) is 12.0. The molecule has 0 aliphatic carbocycles. The number of rotatable bonds is 5. The van der Waals surface area contributed by atoms with Crippen LogP contribution in [0.3, 0.4) is 0 Å². The first-order chi connectivity index (χ1) is 8.06. The van der Waals surface area contributed by atoms with Crippen LogP contribution in [0.5, 0.6) is 5.75 Å². The summed E-state index contributed by atoms with van der Waals surface area (Å²) < 4.78 is 18.6. The maximum atomic E-state index is 13.3. The number of amides is 1. The van der Waals surface area contributed by atoms with E-state index in [9.17, 15) is 9.18 Å². The standard InChI is InChI=1S/C12H17FN2O2/c1-8(12(16)15-2)17-11-6-9(3-4-14)5-10(13)7-11/h5-8H,3-4,14H2,1-2H3,(H,15,16). The van der Waals surface area contributed by atoms with Gasteiger partial charge in [-0.1, -0.05) is 0 Å². The van der Waals surface area contributed by atoms with Gasteiger partial charge in [-0.25, -0.2) is 4.39 Å². The molecule has 0 spiro atoms. The summed E-state index contributed by atoms with van der Waals surface area (Å²) in [7, 11) is 1.52. The molecule has 0 bridgehead atoms. The Hall–Kier alpha value is -1.62. The lowest BCUT2D eigenvalue weighted by atomic mass is 10.1. The van der Waals surface area contributed by atoms with Crippen LogP contribution in [0.4, 0.5) is 4.39 Å². The number of benzene rings is 1. The molecule has 5 heteroatoms. The molecule has 1 atom stereocenters. The van der Waals surface area contributed by atoms with Crippen molar-refractivity contribution in [3.8, 4) is 5.75 Å². The van der Waals surface area contributed by atoms with Gasteiger partial charge in [-0.3, -0.25) is 4.79 Å². The summed E-state index contributed by atoms with van der Waals surface area (Å²) in [5, 5.41) is 2.46. The van der Waals surface area contributed by atoms with E-state index in [0.29, 0.717) is 18.7 Å². The van der Waals surface area contributed by atoms with Gasteiger partial charge in [0.15, 0.2) is 6.10 Å². The number of ether oxygens (including phenoxy) is 1. The molecule has 94 valence electrons. The van der Waals surface area contributed by atoms with Crippen molar-refractivity contribution >= 4 is 5.91 Å². The summed E-state index contributed by atoms with van der Waals surface area (Å²) in [6.07, 6.45) is -0.0878. The highest BCUT2D eigenvalue weighted by atomic mass is 19.1. The average Bonchev–Trinajstić information content (AvgIpc) is 2.27. The van der Waals surface area contributed by atoms with Crippen molar-refractivity contribution < 1.29 is 13.9 Å². The highest BCUT2D eigenvalue weighted by molar-refractivity contribution is 5.80. The minimum atomic E-state index is -0.660. The van der Waals surface area contributed by atoms with Gasteiger partial charge in [0.1, 0.15) is 11.6 Å². The van der Waals surface area contributed by atoms with Crippen LogP contribution >= 0.6 is 0 Å². The predicted octanol–water partition coefficient (Wildman–Crippen LogP) is 0.840. The molecule has 0 radical (unpaired) electrons. The number of nitrogens with two attached hydrogens (primary N) is 1. The molecule has 0 heterocycles. The van der Waals surface area contributed by atoms with E-state index in [2.05, 4.69) is 5.32 Å². The molecule has 0 aliphatic rings. The van der Waals surface area contributed by atoms with Crippen LogP contribution in [0.2, 0.25) is 0 Å². The van der Waals surface area contributed by atoms with Gasteiger partial charge in [0, 0.05) is 13.1 Å². The number of carbonyl (C=O) groups excluding carboxylic acids is 1. The maximum absolute atomic E-state index is 13.3. The third-order valence-corrected chi connectivity index (χ3v) is 2.29. The van der Waals surface area contributed by atoms with E-state index in [1.807, 2.05) is 0 Å². The van der Waals surface area contributed by atoms with Gasteiger partial charge in [0.25, 0.3) is 5.91 Å². The molecular weight excluding hydrogens is 223 g/mol. The SMILES string of the molecule is CNC(=O)C(C)Oc1cc(F)cc(CCN)c1. The number of carbonyl (C=O) groups is 1. The Morgan fingerprint density at radius 2 is 2.24 bits per heavy atom. The second-order valence-corrected chi connectivity index (χ2v) is 3.71. The highest BCUT2D eigenvalue weighted by Crippen LogP contribution is 2.18. The van der Waals surface area contributed by atoms with Gasteiger partial charge in [-0.05, 0) is 37.6 Å². The quantitative estimate of drug-likeness (QED) is 0.801. The summed E-state index contributed by atoms with van der Waals surface area (Å²) in [5.41, 5.74) is 6.16. The minimum absolute atomic E-state index is 0.255. The van der Waals surface area contributed by atoms with E-state index in [1.165, 1.54) is 19.2 Å². The summed E-state index contributed by atoms with van der Waals surface area (Å²) >= 11 is 0. The average molecular weight is 240 g/mol. The number of halogens is 1. The second-order valence-electron chi connectivity index (χ2n) is 3.71. The number of likely N-dealkylation sites (N-methyl/N-ethyl adjacent to an activating group) is 1. The molecule has 4 nitrogen and oxygen atoms in total. The molecule has 0 saturated heterocycles. The summed E-state index contributed by atoms with van der Waals surface area (Å²) in [6.45, 7) is 2.04. The second kappa shape index (κ2) is 6.20. The fraction of sp³-hybridized carbons (Fsp3) is 0.417. The van der Waals surface area contributed by atoms with Crippen molar-refractivity contribution in [3.63, 3.8) is 0 Å². The van der Waals surface area contributed by atoms with Crippen molar-refractivity contribution in [1.82, 2.24) is 5.32 Å². The number of hydrogen-bond donors (Lipinski definition) is 2. The molecule has 1 rings (SSSR count). The Morgan fingerprint density at radius 1 is 1.53 bits per heavy atom. The van der Waals surface area contributed by atoms with E-state index in [4.69, 9.17) is 10.5 Å². The molecule has 1 aromatic rings. The van der Waals surface area contributed by atoms with Crippen molar-refractivity contribution in [2.24, 2.45) is 5.73 Å². The van der Waals surface area contributed by atoms with Gasteiger partial charge >= 0.3 is 0 Å². The Labute approximate surface area is 100.0 Å². The predicted molar refractivity (Wildman–Crippen MR) is 63.3 cm³/mol. The Kier molecular flexibility index (Phi) is 4.90. The molecule has 0 aromatic heterocycles. The maximum Gasteiger partial charge on any atom is 0.260 e. The molecule has 3 N–H and O–H groups in total. The lowest BCUT2D eigenvalue weighted by Crippen LogP contribution is -2.33. The Balaban J connectivity index is 2.80. The van der Waals surface area contributed by atoms with Crippen molar-refractivity contribution in [1.29, 1.82) is 0 Å². The molecule has 0 aliphatic heterocycles. The van der Waals surface area contributed by atoms with E-state index in [1.54, 1.807) is 13.0 Å². The fourth-order valence-corrected chi connectivity index (χ4v) is 1.46. The topological polar surface area (TPSA) is 64.3 Å². The molecule has 0 saturated carbocycles. The van der Waals surface area contributed by atoms with E-state index in [0.717, 1.165) is 5.56 Å². The summed E-state index contributed by atoms with van der Waals surface area (Å²) in [4.78, 5) is 11.3. The van der Waals surface area contributed by atoms with Crippen molar-refractivity contribution in [3.05, 3.63) is 29.6 Å². The van der Waals surface area contributed by atoms with Crippen molar-refractivity contribution in [2.75, 3.05) is 13.6 Å². The van der Waals surface area contributed by atoms with Gasteiger partial charge in [-0.2, -0.15) is 0 Å². The van der Waals surface area contributed by atoms with Gasteiger partial charge in [0.05, 0.1) is 0 Å². The largest absolute Gasteiger partial charge is 0.481 e. The third-order valence-electron chi connectivity index (χ3n) is 2.29. The monoisotopic (exact) mass is 240 g/mol.